The third-order valence-corrected chi connectivity index (χ3v) is 4.76. The van der Waals surface area contributed by atoms with E-state index in [1.54, 1.807) is 12.1 Å². The lowest BCUT2D eigenvalue weighted by molar-refractivity contribution is -0.384. The number of non-ortho nitro benzene ring substituents is 1. The fourth-order valence-corrected chi connectivity index (χ4v) is 3.67. The molecule has 134 valence electrons. The summed E-state index contributed by atoms with van der Waals surface area (Å²) in [4.78, 5) is 22.0. The molecule has 0 aliphatic rings. The summed E-state index contributed by atoms with van der Waals surface area (Å²) in [6.07, 6.45) is -0.0649. The van der Waals surface area contributed by atoms with E-state index >= 15 is 0 Å². The van der Waals surface area contributed by atoms with Crippen molar-refractivity contribution in [3.05, 3.63) is 81.9 Å². The number of rotatable bonds is 4. The summed E-state index contributed by atoms with van der Waals surface area (Å²) in [6, 6.07) is 18.2. The van der Waals surface area contributed by atoms with Crippen LogP contribution in [0.5, 0.6) is 0 Å². The van der Waals surface area contributed by atoms with E-state index in [0.717, 1.165) is 38.6 Å². The highest BCUT2D eigenvalue weighted by atomic mass is 16.6. The van der Waals surface area contributed by atoms with Crippen LogP contribution in [-0.2, 0) is 11.2 Å². The second-order valence-electron chi connectivity index (χ2n) is 6.46. The van der Waals surface area contributed by atoms with E-state index in [4.69, 9.17) is 0 Å². The van der Waals surface area contributed by atoms with Crippen molar-refractivity contribution < 1.29 is 14.8 Å². The van der Waals surface area contributed by atoms with Gasteiger partial charge in [0, 0.05) is 28.6 Å². The zero-order valence-electron chi connectivity index (χ0n) is 14.5. The lowest BCUT2D eigenvalue weighted by Crippen LogP contribution is -2.01. The van der Waals surface area contributed by atoms with Crippen molar-refractivity contribution in [2.45, 2.75) is 13.3 Å². The van der Waals surface area contributed by atoms with E-state index in [-0.39, 0.29) is 12.1 Å². The molecule has 4 aromatic rings. The van der Waals surface area contributed by atoms with Crippen molar-refractivity contribution in [3.8, 4) is 5.69 Å². The van der Waals surface area contributed by atoms with Crippen LogP contribution in [0, 0.1) is 17.0 Å². The Kier molecular flexibility index (Phi) is 3.88. The zero-order chi connectivity index (χ0) is 19.1. The molecule has 1 aromatic heterocycles. The quantitative estimate of drug-likeness (QED) is 0.425. The van der Waals surface area contributed by atoms with Gasteiger partial charge in [-0.05, 0) is 36.2 Å². The van der Waals surface area contributed by atoms with Gasteiger partial charge in [-0.1, -0.05) is 30.3 Å². The fraction of sp³-hybridized carbons (Fsp3) is 0.0952. The molecule has 0 bridgehead atoms. The Bertz CT molecular complexity index is 1220. The Morgan fingerprint density at radius 3 is 2.52 bits per heavy atom. The predicted molar refractivity (Wildman–Crippen MR) is 104 cm³/mol. The summed E-state index contributed by atoms with van der Waals surface area (Å²) < 4.78 is 2.04. The number of aromatic nitrogens is 1. The SMILES string of the molecule is Cc1cc([N+](=O)[O-])ccc1-n1c2ccccc2c2c(CC(=O)O)cccc21. The molecule has 0 saturated carbocycles. The van der Waals surface area contributed by atoms with Crippen molar-refractivity contribution >= 4 is 33.5 Å². The molecule has 0 saturated heterocycles. The standard InChI is InChI=1S/C21H16N2O4/c1-13-11-15(23(26)27)9-10-17(13)22-18-7-3-2-6-16(18)21-14(12-20(24)25)5-4-8-19(21)22/h2-11H,12H2,1H3,(H,24,25). The van der Waals surface area contributed by atoms with E-state index in [9.17, 15) is 20.0 Å². The van der Waals surface area contributed by atoms with Crippen LogP contribution >= 0.6 is 0 Å². The van der Waals surface area contributed by atoms with Crippen LogP contribution in [0.3, 0.4) is 0 Å². The maximum Gasteiger partial charge on any atom is 0.307 e. The molecule has 0 atom stereocenters. The van der Waals surface area contributed by atoms with Crippen LogP contribution < -0.4 is 0 Å². The highest BCUT2D eigenvalue weighted by molar-refractivity contribution is 6.11. The third kappa shape index (κ3) is 2.71. The first-order chi connectivity index (χ1) is 13.0. The molecule has 0 aliphatic heterocycles. The van der Waals surface area contributed by atoms with E-state index in [0.29, 0.717) is 0 Å². The molecule has 3 aromatic carbocycles. The highest BCUT2D eigenvalue weighted by Gasteiger charge is 2.18. The Hall–Kier alpha value is -3.67. The smallest absolute Gasteiger partial charge is 0.307 e. The van der Waals surface area contributed by atoms with Crippen LogP contribution in [0.25, 0.3) is 27.5 Å². The molecular weight excluding hydrogens is 344 g/mol. The van der Waals surface area contributed by atoms with Crippen molar-refractivity contribution in [3.63, 3.8) is 0 Å². The van der Waals surface area contributed by atoms with Gasteiger partial charge in [0.2, 0.25) is 0 Å². The summed E-state index contributed by atoms with van der Waals surface area (Å²) >= 11 is 0. The number of carboxylic acids is 1. The number of para-hydroxylation sites is 1. The number of hydrogen-bond donors (Lipinski definition) is 1. The lowest BCUT2D eigenvalue weighted by Gasteiger charge is -2.11. The second-order valence-corrected chi connectivity index (χ2v) is 6.46. The maximum atomic E-state index is 11.3. The molecule has 0 fully saturated rings. The minimum Gasteiger partial charge on any atom is -0.481 e. The Morgan fingerprint density at radius 2 is 1.81 bits per heavy atom. The second kappa shape index (κ2) is 6.25. The van der Waals surface area contributed by atoms with Gasteiger partial charge in [-0.3, -0.25) is 14.9 Å². The fourth-order valence-electron chi connectivity index (χ4n) is 3.67. The van der Waals surface area contributed by atoms with Gasteiger partial charge in [-0.25, -0.2) is 0 Å². The van der Waals surface area contributed by atoms with E-state index in [1.165, 1.54) is 6.07 Å². The van der Waals surface area contributed by atoms with Gasteiger partial charge >= 0.3 is 5.97 Å². The van der Waals surface area contributed by atoms with Crippen LogP contribution in [0.2, 0.25) is 0 Å². The molecule has 1 heterocycles. The summed E-state index contributed by atoms with van der Waals surface area (Å²) in [5, 5.41) is 22.2. The molecule has 6 nitrogen and oxygen atoms in total. The number of carbonyl (C=O) groups is 1. The zero-order valence-corrected chi connectivity index (χ0v) is 14.5. The molecule has 0 radical (unpaired) electrons. The first kappa shape index (κ1) is 16.8. The largest absolute Gasteiger partial charge is 0.481 e. The molecule has 6 heteroatoms. The maximum absolute atomic E-state index is 11.3. The number of carboxylic acid groups (broad SMARTS) is 1. The lowest BCUT2D eigenvalue weighted by atomic mass is 10.0. The van der Waals surface area contributed by atoms with Crippen LogP contribution in [0.1, 0.15) is 11.1 Å². The third-order valence-electron chi connectivity index (χ3n) is 4.76. The topological polar surface area (TPSA) is 85.4 Å². The number of hydrogen-bond acceptors (Lipinski definition) is 3. The van der Waals surface area contributed by atoms with Gasteiger partial charge in [0.05, 0.1) is 22.4 Å². The van der Waals surface area contributed by atoms with Gasteiger partial charge in [-0.15, -0.1) is 0 Å². The number of nitro groups is 1. The van der Waals surface area contributed by atoms with Crippen LogP contribution in [0.4, 0.5) is 5.69 Å². The number of fused-ring (bicyclic) bond motifs is 3. The first-order valence-electron chi connectivity index (χ1n) is 8.45. The summed E-state index contributed by atoms with van der Waals surface area (Å²) in [5.41, 5.74) is 4.21. The summed E-state index contributed by atoms with van der Waals surface area (Å²) in [6.45, 7) is 1.84. The predicted octanol–water partition coefficient (Wildman–Crippen LogP) is 4.63. The average molecular weight is 360 g/mol. The summed E-state index contributed by atoms with van der Waals surface area (Å²) in [5.74, 6) is -0.883. The van der Waals surface area contributed by atoms with Gasteiger partial charge < -0.3 is 9.67 Å². The van der Waals surface area contributed by atoms with E-state index < -0.39 is 10.9 Å². The molecule has 0 unspecified atom stereocenters. The minimum absolute atomic E-state index is 0.0450. The van der Waals surface area contributed by atoms with Crippen LogP contribution in [-0.4, -0.2) is 20.6 Å². The molecule has 0 amide bonds. The van der Waals surface area contributed by atoms with Crippen molar-refractivity contribution in [2.24, 2.45) is 0 Å². The van der Waals surface area contributed by atoms with Gasteiger partial charge in [0.15, 0.2) is 0 Å². The Labute approximate surface area is 154 Å². The number of aryl methyl sites for hydroxylation is 1. The van der Waals surface area contributed by atoms with Crippen LogP contribution in [0.15, 0.2) is 60.7 Å². The molecule has 0 aliphatic carbocycles. The number of nitro benzene ring substituents is 1. The first-order valence-corrected chi connectivity index (χ1v) is 8.45. The van der Waals surface area contributed by atoms with Gasteiger partial charge in [-0.2, -0.15) is 0 Å². The van der Waals surface area contributed by atoms with Crippen molar-refractivity contribution in [1.29, 1.82) is 0 Å². The van der Waals surface area contributed by atoms with E-state index in [1.807, 2.05) is 54.0 Å². The Balaban J connectivity index is 2.09. The number of nitrogens with zero attached hydrogens (tertiary/aromatic N) is 2. The molecule has 27 heavy (non-hydrogen) atoms. The van der Waals surface area contributed by atoms with Gasteiger partial charge in [0.1, 0.15) is 0 Å². The monoisotopic (exact) mass is 360 g/mol. The molecule has 4 rings (SSSR count). The van der Waals surface area contributed by atoms with Gasteiger partial charge in [0.25, 0.3) is 5.69 Å². The molecular formula is C21H16N2O4. The summed E-state index contributed by atoms with van der Waals surface area (Å²) in [7, 11) is 0. The minimum atomic E-state index is -0.883. The normalized spacial score (nSPS) is 11.1. The molecule has 1 N–H and O–H groups in total. The van der Waals surface area contributed by atoms with Crippen molar-refractivity contribution in [1.82, 2.24) is 4.57 Å². The number of aliphatic carboxylic acids is 1. The molecule has 0 spiro atoms. The highest BCUT2D eigenvalue weighted by Crippen LogP contribution is 2.35. The number of benzene rings is 3. The van der Waals surface area contributed by atoms with E-state index in [2.05, 4.69) is 0 Å². The Morgan fingerprint density at radius 1 is 1.07 bits per heavy atom. The average Bonchev–Trinajstić information content (AvgIpc) is 2.96. The van der Waals surface area contributed by atoms with Crippen molar-refractivity contribution in [2.75, 3.05) is 0 Å².